The smallest absolute Gasteiger partial charge is 0.253 e. The van der Waals surface area contributed by atoms with Gasteiger partial charge in [0.1, 0.15) is 5.60 Å². The number of ether oxygens (including phenoxy) is 1. The van der Waals surface area contributed by atoms with E-state index in [1.54, 1.807) is 0 Å². The van der Waals surface area contributed by atoms with Crippen molar-refractivity contribution in [3.8, 4) is 0 Å². The van der Waals surface area contributed by atoms with Crippen LogP contribution in [0.3, 0.4) is 0 Å². The molecule has 0 aromatic heterocycles. The fourth-order valence-corrected chi connectivity index (χ4v) is 3.67. The molecule has 2 aliphatic heterocycles. The molecule has 2 fully saturated rings. The van der Waals surface area contributed by atoms with Gasteiger partial charge >= 0.3 is 0 Å². The van der Waals surface area contributed by atoms with Crippen LogP contribution in [0.4, 0.5) is 0 Å². The molecular formula is C16H21NO3S. The normalized spacial score (nSPS) is 25.0. The summed E-state index contributed by atoms with van der Waals surface area (Å²) in [7, 11) is 0. The molecule has 0 saturated carbocycles. The average Bonchev–Trinajstić information content (AvgIpc) is 2.69. The molecule has 1 aromatic rings. The zero-order chi connectivity index (χ0) is 14.9. The lowest BCUT2D eigenvalue weighted by atomic mass is 9.91. The van der Waals surface area contributed by atoms with Gasteiger partial charge in [0.2, 0.25) is 0 Å². The molecule has 4 nitrogen and oxygen atoms in total. The molecule has 0 bridgehead atoms. The Morgan fingerprint density at radius 3 is 2.67 bits per heavy atom. The van der Waals surface area contributed by atoms with Crippen LogP contribution in [-0.4, -0.2) is 53.2 Å². The minimum atomic E-state index is -0.865. The molecule has 1 amide bonds. The molecule has 0 aliphatic carbocycles. The van der Waals surface area contributed by atoms with E-state index in [0.29, 0.717) is 24.0 Å². The SMILES string of the molecule is CC1CCN(C(=O)c2ccc(C3(O)COC3)cc2)CCS1. The molecule has 21 heavy (non-hydrogen) atoms. The van der Waals surface area contributed by atoms with Crippen molar-refractivity contribution in [3.63, 3.8) is 0 Å². The van der Waals surface area contributed by atoms with Crippen LogP contribution in [0.2, 0.25) is 0 Å². The van der Waals surface area contributed by atoms with Crippen LogP contribution < -0.4 is 0 Å². The minimum Gasteiger partial charge on any atom is -0.380 e. The predicted molar refractivity (Wildman–Crippen MR) is 83.6 cm³/mol. The van der Waals surface area contributed by atoms with Crippen LogP contribution in [0, 0.1) is 0 Å². The summed E-state index contributed by atoms with van der Waals surface area (Å²) in [5, 5.41) is 10.8. The molecule has 2 saturated heterocycles. The summed E-state index contributed by atoms with van der Waals surface area (Å²) in [6.07, 6.45) is 1.05. The van der Waals surface area contributed by atoms with E-state index in [1.807, 2.05) is 40.9 Å². The van der Waals surface area contributed by atoms with Gasteiger partial charge in [0.05, 0.1) is 13.2 Å². The van der Waals surface area contributed by atoms with Crippen LogP contribution in [-0.2, 0) is 10.3 Å². The Kier molecular flexibility index (Phi) is 4.24. The van der Waals surface area contributed by atoms with E-state index in [9.17, 15) is 9.90 Å². The number of amides is 1. The van der Waals surface area contributed by atoms with Gasteiger partial charge in [0.15, 0.2) is 0 Å². The van der Waals surface area contributed by atoms with Crippen LogP contribution >= 0.6 is 11.8 Å². The monoisotopic (exact) mass is 307 g/mol. The van der Waals surface area contributed by atoms with E-state index >= 15 is 0 Å². The first-order chi connectivity index (χ1) is 10.1. The van der Waals surface area contributed by atoms with Gasteiger partial charge in [-0.2, -0.15) is 11.8 Å². The van der Waals surface area contributed by atoms with E-state index in [4.69, 9.17) is 4.74 Å². The molecule has 1 aromatic carbocycles. The summed E-state index contributed by atoms with van der Waals surface area (Å²) in [5.74, 6) is 1.09. The number of carbonyl (C=O) groups is 1. The Labute approximate surface area is 129 Å². The van der Waals surface area contributed by atoms with Gasteiger partial charge in [-0.25, -0.2) is 0 Å². The first kappa shape index (κ1) is 14.9. The summed E-state index contributed by atoms with van der Waals surface area (Å²) in [4.78, 5) is 14.5. The lowest BCUT2D eigenvalue weighted by Gasteiger charge is -2.36. The summed E-state index contributed by atoms with van der Waals surface area (Å²) in [5.41, 5.74) is 0.656. The molecule has 5 heteroatoms. The Hall–Kier alpha value is -1.04. The highest BCUT2D eigenvalue weighted by atomic mass is 32.2. The number of rotatable bonds is 2. The average molecular weight is 307 g/mol. The third-order valence-corrected chi connectivity index (χ3v) is 5.43. The Morgan fingerprint density at radius 1 is 1.33 bits per heavy atom. The molecular weight excluding hydrogens is 286 g/mol. The Balaban J connectivity index is 1.69. The van der Waals surface area contributed by atoms with Crippen molar-refractivity contribution in [2.45, 2.75) is 24.2 Å². The molecule has 0 spiro atoms. The van der Waals surface area contributed by atoms with Crippen molar-refractivity contribution in [1.82, 2.24) is 4.90 Å². The van der Waals surface area contributed by atoms with Crippen LogP contribution in [0.15, 0.2) is 24.3 Å². The van der Waals surface area contributed by atoms with E-state index in [1.165, 1.54) is 0 Å². The summed E-state index contributed by atoms with van der Waals surface area (Å²) >= 11 is 1.93. The van der Waals surface area contributed by atoms with Crippen molar-refractivity contribution in [2.75, 3.05) is 32.1 Å². The van der Waals surface area contributed by atoms with E-state index < -0.39 is 5.60 Å². The summed E-state index contributed by atoms with van der Waals surface area (Å²) in [6.45, 7) is 4.53. The highest BCUT2D eigenvalue weighted by Crippen LogP contribution is 2.29. The first-order valence-electron chi connectivity index (χ1n) is 7.40. The Bertz CT molecular complexity index is 513. The van der Waals surface area contributed by atoms with Gasteiger partial charge in [-0.15, -0.1) is 0 Å². The Morgan fingerprint density at radius 2 is 2.05 bits per heavy atom. The number of nitrogens with zero attached hydrogens (tertiary/aromatic N) is 1. The first-order valence-corrected chi connectivity index (χ1v) is 8.45. The molecule has 1 unspecified atom stereocenters. The van der Waals surface area contributed by atoms with Crippen molar-refractivity contribution in [3.05, 3.63) is 35.4 Å². The fraction of sp³-hybridized carbons (Fsp3) is 0.562. The van der Waals surface area contributed by atoms with Crippen molar-refractivity contribution < 1.29 is 14.6 Å². The fourth-order valence-electron chi connectivity index (χ4n) is 2.67. The molecule has 1 atom stereocenters. The molecule has 0 radical (unpaired) electrons. The number of carbonyl (C=O) groups excluding carboxylic acids is 1. The number of aliphatic hydroxyl groups is 1. The van der Waals surface area contributed by atoms with Gasteiger partial charge in [0.25, 0.3) is 5.91 Å². The molecule has 114 valence electrons. The lowest BCUT2D eigenvalue weighted by Crippen LogP contribution is -2.46. The number of hydrogen-bond donors (Lipinski definition) is 1. The van der Waals surface area contributed by atoms with Crippen molar-refractivity contribution in [2.24, 2.45) is 0 Å². The number of thioether (sulfide) groups is 1. The van der Waals surface area contributed by atoms with E-state index in [-0.39, 0.29) is 5.91 Å². The van der Waals surface area contributed by atoms with Crippen LogP contribution in [0.5, 0.6) is 0 Å². The topological polar surface area (TPSA) is 49.8 Å². The molecule has 2 aliphatic rings. The second kappa shape index (κ2) is 5.99. The second-order valence-corrected chi connectivity index (χ2v) is 7.41. The maximum Gasteiger partial charge on any atom is 0.253 e. The van der Waals surface area contributed by atoms with Gasteiger partial charge in [-0.05, 0) is 24.1 Å². The van der Waals surface area contributed by atoms with Gasteiger partial charge in [0, 0.05) is 29.7 Å². The third kappa shape index (κ3) is 3.10. The van der Waals surface area contributed by atoms with Gasteiger partial charge in [-0.3, -0.25) is 4.79 Å². The third-order valence-electron chi connectivity index (χ3n) is 4.21. The highest BCUT2D eigenvalue weighted by Gasteiger charge is 2.37. The zero-order valence-corrected chi connectivity index (χ0v) is 13.1. The molecule has 3 rings (SSSR count). The molecule has 2 heterocycles. The quantitative estimate of drug-likeness (QED) is 0.906. The lowest BCUT2D eigenvalue weighted by molar-refractivity contribution is -0.184. The largest absolute Gasteiger partial charge is 0.380 e. The van der Waals surface area contributed by atoms with Crippen LogP contribution in [0.1, 0.15) is 29.3 Å². The standard InChI is InChI=1S/C16H21NO3S/c1-12-6-7-17(8-9-21-12)15(18)13-2-4-14(5-3-13)16(19)10-20-11-16/h2-5,12,19H,6-11H2,1H3. The van der Waals surface area contributed by atoms with Gasteiger partial charge in [-0.1, -0.05) is 19.1 Å². The highest BCUT2D eigenvalue weighted by molar-refractivity contribution is 7.99. The summed E-state index contributed by atoms with van der Waals surface area (Å²) < 4.78 is 5.06. The predicted octanol–water partition coefficient (Wildman–Crippen LogP) is 1.87. The van der Waals surface area contributed by atoms with E-state index in [2.05, 4.69) is 6.92 Å². The number of benzene rings is 1. The van der Waals surface area contributed by atoms with Crippen LogP contribution in [0.25, 0.3) is 0 Å². The summed E-state index contributed by atoms with van der Waals surface area (Å²) in [6, 6.07) is 7.31. The second-order valence-electron chi connectivity index (χ2n) is 5.86. The maximum absolute atomic E-state index is 12.5. The zero-order valence-electron chi connectivity index (χ0n) is 12.2. The minimum absolute atomic E-state index is 0.0908. The van der Waals surface area contributed by atoms with E-state index in [0.717, 1.165) is 30.8 Å². The van der Waals surface area contributed by atoms with Crippen molar-refractivity contribution in [1.29, 1.82) is 0 Å². The van der Waals surface area contributed by atoms with Gasteiger partial charge < -0.3 is 14.7 Å². The number of hydrogen-bond acceptors (Lipinski definition) is 4. The maximum atomic E-state index is 12.5. The van der Waals surface area contributed by atoms with Crippen molar-refractivity contribution >= 4 is 17.7 Å². The molecule has 1 N–H and O–H groups in total.